The number of hydrogen-bond acceptors (Lipinski definition) is 16. The lowest BCUT2D eigenvalue weighted by molar-refractivity contribution is -0.135. The lowest BCUT2D eigenvalue weighted by Gasteiger charge is -2.34. The number of urea groups is 1. The Morgan fingerprint density at radius 3 is 2.26 bits per heavy atom. The van der Waals surface area contributed by atoms with E-state index in [-0.39, 0.29) is 34.5 Å². The zero-order valence-electron chi connectivity index (χ0n) is 35.2. The van der Waals surface area contributed by atoms with Gasteiger partial charge in [-0.2, -0.15) is 0 Å². The fraction of sp³-hybridized carbons (Fsp3) is 0.436. The van der Waals surface area contributed by atoms with Crippen LogP contribution < -0.4 is 74.5 Å². The lowest BCUT2D eigenvalue weighted by atomic mass is 9.93. The van der Waals surface area contributed by atoms with E-state index in [4.69, 9.17) is 49.9 Å². The number of anilines is 1. The van der Waals surface area contributed by atoms with Gasteiger partial charge in [0.15, 0.2) is 17.5 Å². The largest absolute Gasteiger partial charge is 0.493 e. The number of nitrogens with one attached hydrogen (secondary N) is 9. The summed E-state index contributed by atoms with van der Waals surface area (Å²) in [6.07, 6.45) is 1.38. The summed E-state index contributed by atoms with van der Waals surface area (Å²) in [7, 11) is 2.89. The molecule has 1 saturated heterocycles. The summed E-state index contributed by atoms with van der Waals surface area (Å²) in [4.78, 5) is 99.8. The number of amides is 8. The van der Waals surface area contributed by atoms with Gasteiger partial charge in [0.2, 0.25) is 29.5 Å². The highest BCUT2D eigenvalue weighted by molar-refractivity contribution is 6.42. The number of benzene rings is 2. The summed E-state index contributed by atoms with van der Waals surface area (Å²) in [6, 6.07) is -1.13. The number of hydrogen-bond donors (Lipinski definition) is 14. The van der Waals surface area contributed by atoms with E-state index in [1.807, 2.05) is 0 Å². The number of halogens is 2. The predicted molar refractivity (Wildman–Crippen MR) is 236 cm³/mol. The molecule has 0 aromatic heterocycles. The van der Waals surface area contributed by atoms with Crippen LogP contribution in [0.3, 0.4) is 0 Å². The third kappa shape index (κ3) is 14.8. The zero-order chi connectivity index (χ0) is 47.8. The van der Waals surface area contributed by atoms with Crippen molar-refractivity contribution in [3.8, 4) is 11.5 Å². The first kappa shape index (κ1) is 51.2. The smallest absolute Gasteiger partial charge is 0.323 e. The van der Waals surface area contributed by atoms with Gasteiger partial charge >= 0.3 is 6.03 Å². The summed E-state index contributed by atoms with van der Waals surface area (Å²) < 4.78 is 10.8. The van der Waals surface area contributed by atoms with Gasteiger partial charge in [-0.25, -0.2) is 9.79 Å². The number of carbonyl (C=O) groups is 7. The van der Waals surface area contributed by atoms with Crippen LogP contribution >= 0.6 is 23.2 Å². The molecule has 26 heteroatoms. The number of rotatable bonds is 14. The molecule has 8 amide bonds. The maximum atomic E-state index is 14.4. The number of ether oxygens (including phenoxy) is 2. The molecular weight excluding hydrogens is 897 g/mol. The van der Waals surface area contributed by atoms with Gasteiger partial charge in [-0.3, -0.25) is 28.8 Å². The maximum Gasteiger partial charge on any atom is 0.323 e. The number of aliphatic hydroxyl groups excluding tert-OH is 2. The van der Waals surface area contributed by atoms with Gasteiger partial charge in [0.25, 0.3) is 5.91 Å². The van der Waals surface area contributed by atoms with Crippen molar-refractivity contribution >= 4 is 76.3 Å². The van der Waals surface area contributed by atoms with Crippen LogP contribution in [0.25, 0.3) is 0 Å². The number of carbonyl (C=O) groups excluding carboxylic acids is 7. The monoisotopic (exact) mass is 949 g/mol. The molecule has 2 aliphatic rings. The molecular formula is C39H53Cl2N13O11. The zero-order valence-corrected chi connectivity index (χ0v) is 36.8. The average Bonchev–Trinajstić information content (AvgIpc) is 3.28. The van der Waals surface area contributed by atoms with E-state index >= 15 is 0 Å². The molecule has 354 valence electrons. The van der Waals surface area contributed by atoms with Gasteiger partial charge in [-0.15, -0.1) is 0 Å². The molecule has 4 rings (SSSR count). The number of guanidine groups is 1. The third-order valence-corrected chi connectivity index (χ3v) is 10.6. The molecule has 24 nitrogen and oxygen atoms in total. The van der Waals surface area contributed by atoms with Crippen LogP contribution in [-0.2, 0) is 28.8 Å². The highest BCUT2D eigenvalue weighted by Gasteiger charge is 2.38. The second-order valence-corrected chi connectivity index (χ2v) is 15.4. The Labute approximate surface area is 382 Å². The Kier molecular flexibility index (Phi) is 19.4. The average molecular weight is 951 g/mol. The normalized spacial score (nSPS) is 23.2. The minimum absolute atomic E-state index is 0.0254. The summed E-state index contributed by atoms with van der Waals surface area (Å²) in [6.45, 7) is -2.43. The molecule has 3 unspecified atom stereocenters. The van der Waals surface area contributed by atoms with Crippen LogP contribution in [0.2, 0.25) is 10.0 Å². The topological polar surface area (TPSA) is 377 Å². The van der Waals surface area contributed by atoms with Crippen LogP contribution in [0.4, 0.5) is 10.5 Å². The number of nitrogens with zero attached hydrogens (tertiary/aromatic N) is 1. The second-order valence-electron chi connectivity index (χ2n) is 14.6. The van der Waals surface area contributed by atoms with Gasteiger partial charge in [-0.1, -0.05) is 29.3 Å². The SMILES string of the molecule is COc1ccc(C2CC([C@H]3NC(=O)/C(=C/NC(=O)Nc4ccc(Cl)c(Cl)c4)NC(=O)[C@@H](CO)NC(=O)[C@@H](CO)NC(=O)C(NC(=O)C[C@@H](N)CCCN)CNC3=O)NC(N)=N2)cc1OC. The Balaban J connectivity index is 1.76. The first-order valence-electron chi connectivity index (χ1n) is 20.0. The van der Waals surface area contributed by atoms with Gasteiger partial charge in [-0.05, 0) is 61.7 Å². The van der Waals surface area contributed by atoms with Crippen LogP contribution in [0, 0.1) is 0 Å². The number of nitrogens with two attached hydrogens (primary N) is 3. The standard InChI is InChI=1S/C39H53Cl2N13O11/c1-64-29-8-5-18(10-30(29)65-2)23-13-24(53-38(44)52-23)32-37(62)45-14-25(48-31(57)11-19(43)4-3-9-42)33(58)50-28(17-56)36(61)51-27(16-55)35(60)49-26(34(59)54-32)15-46-39(63)47-20-6-7-21(40)22(41)12-20/h5-8,10,12,15,19,23-25,27-28,32,55-56H,3-4,9,11,13-14,16-17,42-43H2,1-2H3,(H,45,62)(H,48,57)(H,49,60)(H,50,58)(H,51,61)(H,54,59)(H3,44,52,53)(H2,46,47,63)/b26-15-/t19-,23?,24?,25?,27+,28+,32+/m0/s1. The van der Waals surface area contributed by atoms with Crippen LogP contribution in [0.15, 0.2) is 53.3 Å². The highest BCUT2D eigenvalue weighted by Crippen LogP contribution is 2.34. The van der Waals surface area contributed by atoms with E-state index in [0.29, 0.717) is 36.4 Å². The molecule has 0 saturated carbocycles. The van der Waals surface area contributed by atoms with Crippen molar-refractivity contribution in [2.24, 2.45) is 22.2 Å². The van der Waals surface area contributed by atoms with E-state index < -0.39 is 109 Å². The Morgan fingerprint density at radius 1 is 0.908 bits per heavy atom. The number of aliphatic hydroxyl groups is 2. The quantitative estimate of drug-likeness (QED) is 0.0841. The summed E-state index contributed by atoms with van der Waals surface area (Å²) in [5.41, 5.74) is 17.9. The molecule has 0 aliphatic carbocycles. The summed E-state index contributed by atoms with van der Waals surface area (Å²) in [5, 5.41) is 42.4. The molecule has 0 spiro atoms. The lowest BCUT2D eigenvalue weighted by Crippen LogP contribution is -2.64. The Hall–Kier alpha value is -6.44. The number of methoxy groups -OCH3 is 2. The van der Waals surface area contributed by atoms with Gasteiger partial charge in [0.05, 0.1) is 49.6 Å². The van der Waals surface area contributed by atoms with Crippen LogP contribution in [0.1, 0.15) is 37.3 Å². The van der Waals surface area contributed by atoms with Crippen molar-refractivity contribution in [3.63, 3.8) is 0 Å². The molecule has 2 aromatic carbocycles. The van der Waals surface area contributed by atoms with Crippen molar-refractivity contribution in [1.29, 1.82) is 0 Å². The molecule has 65 heavy (non-hydrogen) atoms. The Morgan fingerprint density at radius 2 is 1.60 bits per heavy atom. The van der Waals surface area contributed by atoms with Crippen LogP contribution in [-0.4, -0.2) is 134 Å². The van der Waals surface area contributed by atoms with Gasteiger partial charge < -0.3 is 84.7 Å². The molecule has 2 aliphatic heterocycles. The number of aliphatic imine (C=N–C) groups is 1. The van der Waals surface area contributed by atoms with Crippen molar-refractivity contribution in [1.82, 2.24) is 42.5 Å². The first-order valence-corrected chi connectivity index (χ1v) is 20.8. The maximum absolute atomic E-state index is 14.4. The van der Waals surface area contributed by atoms with Crippen LogP contribution in [0.5, 0.6) is 11.5 Å². The fourth-order valence-electron chi connectivity index (χ4n) is 6.49. The molecule has 1 fully saturated rings. The van der Waals surface area contributed by atoms with E-state index in [0.717, 1.165) is 6.20 Å². The minimum Gasteiger partial charge on any atom is -0.493 e. The van der Waals surface area contributed by atoms with Crippen molar-refractivity contribution in [2.75, 3.05) is 45.8 Å². The van der Waals surface area contributed by atoms with Crippen molar-refractivity contribution in [3.05, 3.63) is 63.9 Å². The predicted octanol–water partition coefficient (Wildman–Crippen LogP) is -2.98. The third-order valence-electron chi connectivity index (χ3n) is 9.89. The summed E-state index contributed by atoms with van der Waals surface area (Å²) >= 11 is 12.0. The van der Waals surface area contributed by atoms with E-state index in [2.05, 4.69) is 52.8 Å². The minimum atomic E-state index is -1.83. The fourth-order valence-corrected chi connectivity index (χ4v) is 6.79. The first-order chi connectivity index (χ1) is 31.0. The molecule has 7 atom stereocenters. The molecule has 17 N–H and O–H groups in total. The molecule has 0 bridgehead atoms. The highest BCUT2D eigenvalue weighted by atomic mass is 35.5. The molecule has 0 radical (unpaired) electrons. The second kappa shape index (κ2) is 24.6. The van der Waals surface area contributed by atoms with E-state index in [1.54, 1.807) is 18.2 Å². The van der Waals surface area contributed by atoms with Crippen molar-refractivity contribution < 1.29 is 53.2 Å². The van der Waals surface area contributed by atoms with Gasteiger partial charge in [0, 0.05) is 30.9 Å². The Bertz CT molecular complexity index is 2150. The van der Waals surface area contributed by atoms with E-state index in [9.17, 15) is 43.8 Å². The summed E-state index contributed by atoms with van der Waals surface area (Å²) in [5.74, 6) is -5.69. The van der Waals surface area contributed by atoms with Crippen molar-refractivity contribution in [2.45, 2.75) is 68.0 Å². The van der Waals surface area contributed by atoms with E-state index in [1.165, 1.54) is 32.4 Å². The molecule has 2 aromatic rings. The van der Waals surface area contributed by atoms with Gasteiger partial charge in [0.1, 0.15) is 29.9 Å². The molecule has 2 heterocycles.